The summed E-state index contributed by atoms with van der Waals surface area (Å²) in [5.74, 6) is 8.39. The fraction of sp³-hybridized carbons (Fsp3) is 0.467. The van der Waals surface area contributed by atoms with Crippen LogP contribution in [0.2, 0.25) is 0 Å². The van der Waals surface area contributed by atoms with Gasteiger partial charge in [-0.3, -0.25) is 5.10 Å². The van der Waals surface area contributed by atoms with Gasteiger partial charge >= 0.3 is 5.97 Å². The molecule has 0 amide bonds. The highest BCUT2D eigenvalue weighted by molar-refractivity contribution is 7.12. The quantitative estimate of drug-likeness (QED) is 0.112. The summed E-state index contributed by atoms with van der Waals surface area (Å²) in [5.41, 5.74) is 10.3. The lowest BCUT2D eigenvalue weighted by atomic mass is 9.86. The lowest BCUT2D eigenvalue weighted by Gasteiger charge is -2.30. The predicted octanol–water partition coefficient (Wildman–Crippen LogP) is 25.5. The van der Waals surface area contributed by atoms with Crippen molar-refractivity contribution >= 4 is 94.2 Å². The van der Waals surface area contributed by atoms with Crippen LogP contribution in [0.1, 0.15) is 314 Å². The van der Waals surface area contributed by atoms with E-state index in [9.17, 15) is 4.79 Å². The number of carbonyl (C=O) groups excluding carboxylic acids is 1. The molecule has 1 atom stereocenters. The highest BCUT2D eigenvalue weighted by Gasteiger charge is 2.29. The number of aromatic nitrogens is 11. The highest BCUT2D eigenvalue weighted by atomic mass is 32.1. The average Bonchev–Trinajstić information content (AvgIpc) is 1.69. The molecule has 0 radical (unpaired) electrons. The van der Waals surface area contributed by atoms with Gasteiger partial charge in [-0.2, -0.15) is 13.8 Å². The Labute approximate surface area is 677 Å². The number of esters is 1. The number of terminal acetylenes is 2. The molecule has 20 heteroatoms. The van der Waals surface area contributed by atoms with Gasteiger partial charge in [0.2, 0.25) is 11.8 Å². The van der Waals surface area contributed by atoms with E-state index in [1.807, 2.05) is 24.4 Å². The Bertz CT molecular complexity index is 3980. The van der Waals surface area contributed by atoms with E-state index in [1.165, 1.54) is 32.9 Å². The molecule has 1 unspecified atom stereocenters. The Morgan fingerprint density at radius 3 is 1.40 bits per heavy atom. The summed E-state index contributed by atoms with van der Waals surface area (Å²) in [6.45, 7) is 89.3. The molecule has 598 valence electrons. The van der Waals surface area contributed by atoms with Crippen molar-refractivity contribution in [2.45, 2.75) is 269 Å². The summed E-state index contributed by atoms with van der Waals surface area (Å²) >= 11 is 6.41. The van der Waals surface area contributed by atoms with Gasteiger partial charge in [-0.05, 0) is 110 Å². The third-order valence-electron chi connectivity index (χ3n) is 15.3. The number of oxazole rings is 2. The van der Waals surface area contributed by atoms with Crippen molar-refractivity contribution in [3.8, 4) is 24.7 Å². The molecule has 9 aromatic heterocycles. The minimum Gasteiger partial charge on any atom is -0.458 e. The van der Waals surface area contributed by atoms with Crippen LogP contribution < -0.4 is 0 Å². The first-order valence-corrected chi connectivity index (χ1v) is 39.7. The zero-order valence-electron chi connectivity index (χ0n) is 72.0. The molecular formula is C90H129N11O5S4. The summed E-state index contributed by atoms with van der Waals surface area (Å²) in [7, 11) is 0. The van der Waals surface area contributed by atoms with Crippen LogP contribution in [0.15, 0.2) is 126 Å². The minimum absolute atomic E-state index is 0.0360. The maximum absolute atomic E-state index is 10.8. The number of nitrogens with zero attached hydrogens (tertiary/aromatic N) is 9. The number of ether oxygens (including phenoxy) is 1. The average molecular weight is 1570 g/mol. The maximum atomic E-state index is 10.8. The van der Waals surface area contributed by atoms with E-state index in [-0.39, 0.29) is 66.2 Å². The van der Waals surface area contributed by atoms with E-state index >= 15 is 0 Å². The van der Waals surface area contributed by atoms with Crippen molar-refractivity contribution in [1.29, 1.82) is 0 Å². The maximum Gasteiger partial charge on any atom is 0.330 e. The Balaban J connectivity index is 0.000000611. The molecule has 0 saturated heterocycles. The molecule has 0 aliphatic carbocycles. The Kier molecular flexibility index (Phi) is 38.8. The Morgan fingerprint density at radius 2 is 1.10 bits per heavy atom. The fourth-order valence-corrected chi connectivity index (χ4v) is 11.5. The summed E-state index contributed by atoms with van der Waals surface area (Å²) < 4.78 is 29.2. The van der Waals surface area contributed by atoms with Crippen molar-refractivity contribution in [2.24, 2.45) is 5.41 Å². The molecule has 0 aromatic carbocycles. The number of nitrogens with one attached hydrogen (secondary N) is 2. The number of hydrogen-bond donors (Lipinski definition) is 2. The lowest BCUT2D eigenvalue weighted by Crippen LogP contribution is -2.32. The van der Waals surface area contributed by atoms with Gasteiger partial charge in [-0.1, -0.05) is 271 Å². The molecule has 10 rings (SSSR count). The number of cyclic esters (lactones) is 1. The number of carbonyl (C=O) groups is 1. The molecule has 1 aliphatic rings. The molecule has 16 nitrogen and oxygen atoms in total. The van der Waals surface area contributed by atoms with E-state index in [4.69, 9.17) is 30.9 Å². The predicted molar refractivity (Wildman–Crippen MR) is 473 cm³/mol. The summed E-state index contributed by atoms with van der Waals surface area (Å²) in [6.07, 6.45) is 35.7. The number of aromatic amines is 2. The second-order valence-electron chi connectivity index (χ2n) is 35.8. The molecule has 1 aliphatic heterocycles. The van der Waals surface area contributed by atoms with Crippen LogP contribution in [-0.4, -0.2) is 66.1 Å². The van der Waals surface area contributed by atoms with Crippen LogP contribution in [0.4, 0.5) is 0 Å². The zero-order valence-corrected chi connectivity index (χ0v) is 75.2. The smallest absolute Gasteiger partial charge is 0.330 e. The molecule has 0 saturated carbocycles. The SMILES string of the molecule is C#Cc1[nH]ncc1C(C)(C)C.C#Cc1ncc(C(C)(C)C)[nH]1.C=Cc1cc(C(C)(C)C)on1.C=Cc1cc(C(C)(C)C)sn1.C=Cc1nc(C(C)(C)C)co1.C=Cc1nc(C(C)(C)C)cs1.C=Cc1ncc(C(C)(C)C)o1.C=Cc1ncc(C(C)(C)C)s1.C=Cc1nscc1C(C)(C)C.CC(C)(C)C1CC=CC(=O)O1. The van der Waals surface area contributed by atoms with E-state index < -0.39 is 0 Å². The van der Waals surface area contributed by atoms with Gasteiger partial charge in [0.25, 0.3) is 0 Å². The van der Waals surface area contributed by atoms with Crippen LogP contribution in [0.3, 0.4) is 0 Å². The largest absolute Gasteiger partial charge is 0.458 e. The molecule has 0 bridgehead atoms. The minimum atomic E-state index is -0.212. The first-order valence-electron chi connectivity index (χ1n) is 36.4. The molecule has 9 aromatic rings. The van der Waals surface area contributed by atoms with Crippen molar-refractivity contribution < 1.29 is 22.9 Å². The fourth-order valence-electron chi connectivity index (χ4n) is 8.13. The van der Waals surface area contributed by atoms with E-state index in [0.29, 0.717) is 17.6 Å². The monoisotopic (exact) mass is 1570 g/mol. The van der Waals surface area contributed by atoms with Crippen molar-refractivity contribution in [2.75, 3.05) is 0 Å². The van der Waals surface area contributed by atoms with E-state index in [2.05, 4.69) is 336 Å². The highest BCUT2D eigenvalue weighted by Crippen LogP contribution is 2.33. The second-order valence-corrected chi connectivity index (χ2v) is 39.2. The lowest BCUT2D eigenvalue weighted by molar-refractivity contribution is -0.149. The summed E-state index contributed by atoms with van der Waals surface area (Å²) in [5, 5.41) is 16.7. The van der Waals surface area contributed by atoms with Crippen molar-refractivity contribution in [1.82, 2.24) is 54.0 Å². The first kappa shape index (κ1) is 99.1. The third-order valence-corrected chi connectivity index (χ3v) is 19.4. The van der Waals surface area contributed by atoms with E-state index in [0.717, 1.165) is 73.4 Å². The molecule has 0 fully saturated rings. The van der Waals surface area contributed by atoms with Crippen molar-refractivity contribution in [3.05, 3.63) is 212 Å². The van der Waals surface area contributed by atoms with Gasteiger partial charge in [0.15, 0.2) is 5.82 Å². The zero-order chi connectivity index (χ0) is 84.8. The van der Waals surface area contributed by atoms with Crippen LogP contribution in [0, 0.1) is 30.1 Å². The Hall–Kier alpha value is -8.92. The number of hydrogen-bond acceptors (Lipinski definition) is 18. The Morgan fingerprint density at radius 1 is 0.527 bits per heavy atom. The number of imidazole rings is 1. The van der Waals surface area contributed by atoms with Gasteiger partial charge < -0.3 is 23.1 Å². The van der Waals surface area contributed by atoms with Crippen LogP contribution >= 0.6 is 45.7 Å². The van der Waals surface area contributed by atoms with Gasteiger partial charge in [0.1, 0.15) is 45.3 Å². The van der Waals surface area contributed by atoms with Gasteiger partial charge in [0, 0.05) is 89.8 Å². The van der Waals surface area contributed by atoms with Crippen LogP contribution in [0.5, 0.6) is 0 Å². The molecule has 0 spiro atoms. The number of rotatable bonds is 7. The molecule has 2 N–H and O–H groups in total. The van der Waals surface area contributed by atoms with E-state index in [1.54, 1.807) is 95.5 Å². The number of H-pyrrole nitrogens is 2. The van der Waals surface area contributed by atoms with Gasteiger partial charge in [-0.25, -0.2) is 29.7 Å². The molecule has 110 heavy (non-hydrogen) atoms. The normalized spacial score (nSPS) is 12.8. The third kappa shape index (κ3) is 36.3. The van der Waals surface area contributed by atoms with Gasteiger partial charge in [-0.15, -0.1) is 35.5 Å². The van der Waals surface area contributed by atoms with Crippen molar-refractivity contribution in [3.63, 3.8) is 0 Å². The summed E-state index contributed by atoms with van der Waals surface area (Å²) in [6, 6.07) is 4.00. The van der Waals surface area contributed by atoms with Gasteiger partial charge in [0.05, 0.1) is 35.2 Å². The second kappa shape index (κ2) is 43.0. The summed E-state index contributed by atoms with van der Waals surface area (Å²) in [4.78, 5) is 37.3. The first-order chi connectivity index (χ1) is 50.4. The standard InChI is InChI=1S/2C9H12N2.3C9H13NO.4C9H13NS.C9H14O2/c1-5-8-10-6-7(11-8)9(2,3)4;1-5-8-7(6-10-11-8)9(2,3)4;1-5-8-10-7(6-11-8)9(2,3)4;1-5-8-10-6-7(11-8)9(2,3)4;1-5-7-6-8(11-10-7)9(2,3)4;1-5-8-10-7(6-11-8)9(2,3)4;1-5-8-10-6-7(11-8)9(2,3)4;1-5-8-7(6-11-10-8)9(2,3)4;1-5-7-6-8(11-10-7)9(2,3)4;1-9(2,3)7-5-4-6-8(10)11-7/h2*1,6H,2-4H3,(H,10,11);7*5-6H,1H2,2-4H3;4,6-7H,5H2,1-3H3. The number of thiazole rings is 2. The topological polar surface area (TPSA) is 213 Å². The van der Waals surface area contributed by atoms with Crippen LogP contribution in [-0.2, 0) is 58.3 Å². The molecular weight excluding hydrogens is 1440 g/mol. The van der Waals surface area contributed by atoms with Crippen LogP contribution in [0.25, 0.3) is 42.5 Å². The molecule has 10 heterocycles.